The van der Waals surface area contributed by atoms with Crippen LogP contribution in [0.5, 0.6) is 0 Å². The Morgan fingerprint density at radius 3 is 2.45 bits per heavy atom. The molecule has 1 aromatic heterocycles. The van der Waals surface area contributed by atoms with Crippen LogP contribution in [0.4, 0.5) is 10.1 Å². The van der Waals surface area contributed by atoms with Crippen molar-refractivity contribution in [3.8, 4) is 0 Å². The van der Waals surface area contributed by atoms with Gasteiger partial charge in [-0.15, -0.1) is 0 Å². The van der Waals surface area contributed by atoms with Gasteiger partial charge in [-0.2, -0.15) is 0 Å². The molecule has 0 unspecified atom stereocenters. The number of aromatic nitrogens is 1. The van der Waals surface area contributed by atoms with Crippen molar-refractivity contribution in [2.24, 2.45) is 0 Å². The number of rotatable bonds is 5. The third-order valence-electron chi connectivity index (χ3n) is 5.56. The molecule has 4 rings (SSSR count). The topological polar surface area (TPSA) is 39.6 Å². The second-order valence-electron chi connectivity index (χ2n) is 7.53. The summed E-state index contributed by atoms with van der Waals surface area (Å²) in [6.45, 7) is 5.94. The van der Waals surface area contributed by atoms with E-state index in [0.29, 0.717) is 30.0 Å². The highest BCUT2D eigenvalue weighted by Crippen LogP contribution is 2.34. The summed E-state index contributed by atoms with van der Waals surface area (Å²) in [6, 6.07) is 19.1. The van der Waals surface area contributed by atoms with E-state index in [1.165, 1.54) is 11.6 Å². The van der Waals surface area contributed by atoms with Gasteiger partial charge in [-0.3, -0.25) is 9.88 Å². The summed E-state index contributed by atoms with van der Waals surface area (Å²) in [7, 11) is 0. The number of hydrogen-bond donors (Lipinski definition) is 1. The van der Waals surface area contributed by atoms with Crippen molar-refractivity contribution in [3.05, 3.63) is 95.1 Å². The Labute approximate surface area is 171 Å². The maximum Gasteiger partial charge on any atom is 0.146 e. The molecule has 1 saturated heterocycles. The Morgan fingerprint density at radius 2 is 1.72 bits per heavy atom. The number of halogens is 1. The number of hydrogen-bond acceptors (Lipinski definition) is 4. The Kier molecular flexibility index (Phi) is 5.88. The first kappa shape index (κ1) is 19.6. The van der Waals surface area contributed by atoms with E-state index in [2.05, 4.69) is 34.1 Å². The largest absolute Gasteiger partial charge is 0.382 e. The minimum absolute atomic E-state index is 0.299. The molecule has 4 nitrogen and oxygen atoms in total. The van der Waals surface area contributed by atoms with Crippen LogP contribution in [-0.2, 0) is 6.54 Å². The van der Waals surface area contributed by atoms with Crippen LogP contribution < -0.4 is 4.90 Å². The van der Waals surface area contributed by atoms with Crippen molar-refractivity contribution in [1.82, 2.24) is 9.88 Å². The lowest BCUT2D eigenvalue weighted by Crippen LogP contribution is -2.46. The van der Waals surface area contributed by atoms with Gasteiger partial charge in [0.1, 0.15) is 11.9 Å². The van der Waals surface area contributed by atoms with Crippen LogP contribution >= 0.6 is 0 Å². The van der Waals surface area contributed by atoms with Crippen LogP contribution in [0, 0.1) is 12.7 Å². The molecule has 3 aromatic rings. The molecule has 1 aliphatic heterocycles. The standard InChI is InChI=1S/C24H26FN3O/c1-18-7-6-12-26-22(18)24(29)20-10-5-11-21(25)23(20)28-15-13-27(14-16-28)17-19-8-3-2-4-9-19/h2-12,24,29H,13-17H2,1H3/t24-/m1/s1. The van der Waals surface area contributed by atoms with Crippen LogP contribution in [0.3, 0.4) is 0 Å². The van der Waals surface area contributed by atoms with Gasteiger partial charge in [0, 0.05) is 44.5 Å². The Balaban J connectivity index is 1.53. The number of pyridine rings is 1. The fourth-order valence-corrected chi connectivity index (χ4v) is 3.99. The van der Waals surface area contributed by atoms with Crippen molar-refractivity contribution in [1.29, 1.82) is 0 Å². The van der Waals surface area contributed by atoms with Gasteiger partial charge in [-0.25, -0.2) is 4.39 Å². The van der Waals surface area contributed by atoms with Gasteiger partial charge in [0.05, 0.1) is 11.4 Å². The zero-order chi connectivity index (χ0) is 20.2. The van der Waals surface area contributed by atoms with Gasteiger partial charge in [0.2, 0.25) is 0 Å². The maximum atomic E-state index is 14.9. The molecule has 1 atom stereocenters. The monoisotopic (exact) mass is 391 g/mol. The number of aliphatic hydroxyl groups is 1. The van der Waals surface area contributed by atoms with Crippen molar-refractivity contribution < 1.29 is 9.50 Å². The zero-order valence-corrected chi connectivity index (χ0v) is 16.6. The minimum atomic E-state index is -0.954. The Morgan fingerprint density at radius 1 is 0.966 bits per heavy atom. The minimum Gasteiger partial charge on any atom is -0.382 e. The van der Waals surface area contributed by atoms with Gasteiger partial charge in [-0.1, -0.05) is 48.5 Å². The summed E-state index contributed by atoms with van der Waals surface area (Å²) in [4.78, 5) is 8.76. The van der Waals surface area contributed by atoms with E-state index in [9.17, 15) is 9.50 Å². The number of piperazine rings is 1. The van der Waals surface area contributed by atoms with Crippen LogP contribution in [-0.4, -0.2) is 41.2 Å². The molecular formula is C24H26FN3O. The van der Waals surface area contributed by atoms with Gasteiger partial charge in [-0.05, 0) is 30.2 Å². The molecule has 1 fully saturated rings. The fraction of sp³-hybridized carbons (Fsp3) is 0.292. The Bertz CT molecular complexity index is 955. The van der Waals surface area contributed by atoms with Gasteiger partial charge >= 0.3 is 0 Å². The normalized spacial score (nSPS) is 16.0. The van der Waals surface area contributed by atoms with Crippen LogP contribution in [0.15, 0.2) is 66.9 Å². The van der Waals surface area contributed by atoms with E-state index in [1.54, 1.807) is 18.3 Å². The predicted octanol–water partition coefficient (Wildman–Crippen LogP) is 3.93. The number of anilines is 1. The molecule has 2 heterocycles. The molecule has 150 valence electrons. The summed E-state index contributed by atoms with van der Waals surface area (Å²) < 4.78 is 14.9. The van der Waals surface area contributed by atoms with Crippen molar-refractivity contribution in [3.63, 3.8) is 0 Å². The van der Waals surface area contributed by atoms with Crippen molar-refractivity contribution in [2.75, 3.05) is 31.1 Å². The molecule has 0 bridgehead atoms. The molecule has 1 aliphatic rings. The number of nitrogens with zero attached hydrogens (tertiary/aromatic N) is 3. The van der Waals surface area contributed by atoms with E-state index >= 15 is 0 Å². The summed E-state index contributed by atoms with van der Waals surface area (Å²) in [6.07, 6.45) is 0.705. The highest BCUT2D eigenvalue weighted by molar-refractivity contribution is 5.58. The first-order valence-electron chi connectivity index (χ1n) is 10.0. The second kappa shape index (κ2) is 8.72. The first-order valence-corrected chi connectivity index (χ1v) is 10.0. The molecule has 1 N–H and O–H groups in total. The van der Waals surface area contributed by atoms with Gasteiger partial charge in [0.25, 0.3) is 0 Å². The molecule has 5 heteroatoms. The first-order chi connectivity index (χ1) is 14.1. The van der Waals surface area contributed by atoms with Crippen molar-refractivity contribution >= 4 is 5.69 Å². The molecule has 0 saturated carbocycles. The van der Waals surface area contributed by atoms with Gasteiger partial charge < -0.3 is 10.0 Å². The van der Waals surface area contributed by atoms with E-state index in [4.69, 9.17) is 0 Å². The van der Waals surface area contributed by atoms with E-state index in [1.807, 2.05) is 30.0 Å². The van der Waals surface area contributed by atoms with Crippen LogP contribution in [0.25, 0.3) is 0 Å². The lowest BCUT2D eigenvalue weighted by atomic mass is 9.99. The molecule has 0 amide bonds. The highest BCUT2D eigenvalue weighted by atomic mass is 19.1. The molecule has 0 spiro atoms. The third-order valence-corrected chi connectivity index (χ3v) is 5.56. The summed E-state index contributed by atoms with van der Waals surface area (Å²) in [5.74, 6) is -0.299. The number of para-hydroxylation sites is 1. The average molecular weight is 391 g/mol. The quantitative estimate of drug-likeness (QED) is 0.715. The molecule has 2 aromatic carbocycles. The lowest BCUT2D eigenvalue weighted by molar-refractivity contribution is 0.213. The smallest absolute Gasteiger partial charge is 0.146 e. The fourth-order valence-electron chi connectivity index (χ4n) is 3.99. The molecule has 29 heavy (non-hydrogen) atoms. The van der Waals surface area contributed by atoms with Crippen LogP contribution in [0.1, 0.15) is 28.5 Å². The summed E-state index contributed by atoms with van der Waals surface area (Å²) in [5.41, 5.74) is 3.81. The number of aryl methyl sites for hydroxylation is 1. The third kappa shape index (κ3) is 4.31. The molecular weight excluding hydrogens is 365 g/mol. The molecule has 0 radical (unpaired) electrons. The SMILES string of the molecule is Cc1cccnc1[C@H](O)c1cccc(F)c1N1CCN(Cc2ccccc2)CC1. The maximum absolute atomic E-state index is 14.9. The van der Waals surface area contributed by atoms with E-state index in [-0.39, 0.29) is 5.82 Å². The van der Waals surface area contributed by atoms with Gasteiger partial charge in [0.15, 0.2) is 0 Å². The molecule has 0 aliphatic carbocycles. The van der Waals surface area contributed by atoms with Crippen LogP contribution in [0.2, 0.25) is 0 Å². The zero-order valence-electron chi connectivity index (χ0n) is 16.6. The average Bonchev–Trinajstić information content (AvgIpc) is 2.75. The Hall–Kier alpha value is -2.76. The summed E-state index contributed by atoms with van der Waals surface area (Å²) in [5, 5.41) is 11.0. The lowest BCUT2D eigenvalue weighted by Gasteiger charge is -2.37. The number of aliphatic hydroxyl groups excluding tert-OH is 1. The van der Waals surface area contributed by atoms with E-state index < -0.39 is 6.10 Å². The highest BCUT2D eigenvalue weighted by Gasteiger charge is 2.26. The van der Waals surface area contributed by atoms with Crippen molar-refractivity contribution in [2.45, 2.75) is 19.6 Å². The second-order valence-corrected chi connectivity index (χ2v) is 7.53. The van der Waals surface area contributed by atoms with E-state index in [0.717, 1.165) is 25.2 Å². The predicted molar refractivity (Wildman–Crippen MR) is 113 cm³/mol. The number of benzene rings is 2. The summed E-state index contributed by atoms with van der Waals surface area (Å²) >= 11 is 0.